The molecule has 2 aromatic carbocycles. The Balaban J connectivity index is 1.76. The van der Waals surface area contributed by atoms with Gasteiger partial charge in [0.2, 0.25) is 0 Å². The molecule has 2 aliphatic rings. The topological polar surface area (TPSA) is 66.9 Å². The van der Waals surface area contributed by atoms with Crippen LogP contribution in [0, 0.1) is 0 Å². The highest BCUT2D eigenvalue weighted by Gasteiger charge is 2.43. The van der Waals surface area contributed by atoms with Crippen LogP contribution in [0.2, 0.25) is 5.02 Å². The maximum absolute atomic E-state index is 13.2. The van der Waals surface area contributed by atoms with Crippen molar-refractivity contribution in [2.75, 3.05) is 23.0 Å². The second kappa shape index (κ2) is 8.22. The quantitative estimate of drug-likeness (QED) is 0.391. The largest absolute Gasteiger partial charge is 0.465 e. The molecule has 2 heterocycles. The van der Waals surface area contributed by atoms with E-state index in [4.69, 9.17) is 28.6 Å². The number of rotatable bonds is 4. The molecular formula is C21H15ClN2O4S2. The molecule has 0 saturated carbocycles. The van der Waals surface area contributed by atoms with Gasteiger partial charge in [-0.2, -0.15) is 0 Å². The van der Waals surface area contributed by atoms with Crippen molar-refractivity contribution in [2.45, 2.75) is 6.92 Å². The van der Waals surface area contributed by atoms with Crippen LogP contribution < -0.4 is 9.80 Å². The highest BCUT2D eigenvalue weighted by molar-refractivity contribution is 8.27. The smallest absolute Gasteiger partial charge is 0.326 e. The summed E-state index contributed by atoms with van der Waals surface area (Å²) in [5.41, 5.74) is 1.95. The lowest BCUT2D eigenvalue weighted by atomic mass is 10.1. The van der Waals surface area contributed by atoms with E-state index in [-0.39, 0.29) is 29.5 Å². The minimum absolute atomic E-state index is 0.217. The lowest BCUT2D eigenvalue weighted by molar-refractivity contribution is -0.142. The number of benzene rings is 2. The van der Waals surface area contributed by atoms with Crippen molar-refractivity contribution < 1.29 is 19.1 Å². The molecule has 2 amide bonds. The zero-order valence-corrected chi connectivity index (χ0v) is 18.1. The van der Waals surface area contributed by atoms with Crippen LogP contribution in [0.5, 0.6) is 0 Å². The molecule has 0 unspecified atom stereocenters. The molecule has 152 valence electrons. The third-order valence-corrected chi connectivity index (χ3v) is 6.22. The Morgan fingerprint density at radius 2 is 1.80 bits per heavy atom. The molecule has 30 heavy (non-hydrogen) atoms. The maximum Gasteiger partial charge on any atom is 0.326 e. The fraction of sp³-hybridized carbons (Fsp3) is 0.143. The summed E-state index contributed by atoms with van der Waals surface area (Å²) in [4.78, 5) is 41.4. The van der Waals surface area contributed by atoms with Crippen molar-refractivity contribution >= 4 is 74.6 Å². The van der Waals surface area contributed by atoms with Gasteiger partial charge >= 0.3 is 5.97 Å². The molecule has 2 aliphatic heterocycles. The first-order valence-electron chi connectivity index (χ1n) is 9.05. The lowest BCUT2D eigenvalue weighted by Crippen LogP contribution is -2.34. The average Bonchev–Trinajstić information content (AvgIpc) is 3.16. The molecule has 0 atom stereocenters. The first-order chi connectivity index (χ1) is 14.4. The number of thiocarbonyl (C=S) groups is 1. The number of esters is 1. The summed E-state index contributed by atoms with van der Waals surface area (Å²) in [6.07, 6.45) is 0. The molecule has 2 aromatic rings. The monoisotopic (exact) mass is 458 g/mol. The Morgan fingerprint density at radius 1 is 1.10 bits per heavy atom. The molecule has 1 saturated heterocycles. The van der Waals surface area contributed by atoms with Crippen molar-refractivity contribution in [3.05, 3.63) is 64.0 Å². The fourth-order valence-electron chi connectivity index (χ4n) is 3.32. The highest BCUT2D eigenvalue weighted by Crippen LogP contribution is 2.45. The normalized spacial score (nSPS) is 18.3. The predicted molar refractivity (Wildman–Crippen MR) is 121 cm³/mol. The van der Waals surface area contributed by atoms with Crippen LogP contribution in [-0.4, -0.2) is 35.3 Å². The summed E-state index contributed by atoms with van der Waals surface area (Å²) in [6, 6.07) is 13.8. The number of hydrogen-bond donors (Lipinski definition) is 0. The van der Waals surface area contributed by atoms with Crippen molar-refractivity contribution in [3.63, 3.8) is 0 Å². The second-order valence-electron chi connectivity index (χ2n) is 6.40. The molecule has 4 rings (SSSR count). The van der Waals surface area contributed by atoms with Gasteiger partial charge in [0.25, 0.3) is 11.8 Å². The number of para-hydroxylation sites is 1. The first-order valence-corrected chi connectivity index (χ1v) is 10.7. The summed E-state index contributed by atoms with van der Waals surface area (Å²) in [6.45, 7) is 1.69. The number of nitrogens with zero attached hydrogens (tertiary/aromatic N) is 2. The molecule has 9 heteroatoms. The van der Waals surface area contributed by atoms with Crippen LogP contribution in [0.15, 0.2) is 53.4 Å². The maximum atomic E-state index is 13.2. The van der Waals surface area contributed by atoms with Gasteiger partial charge in [0, 0.05) is 10.6 Å². The minimum Gasteiger partial charge on any atom is -0.465 e. The Labute approximate surface area is 187 Å². The zero-order chi connectivity index (χ0) is 21.4. The van der Waals surface area contributed by atoms with Crippen LogP contribution in [0.3, 0.4) is 0 Å². The summed E-state index contributed by atoms with van der Waals surface area (Å²) in [5.74, 6) is -1.33. The summed E-state index contributed by atoms with van der Waals surface area (Å²) < 4.78 is 5.31. The molecule has 0 aromatic heterocycles. The third-order valence-electron chi connectivity index (χ3n) is 4.60. The molecule has 6 nitrogen and oxygen atoms in total. The number of hydrogen-bond acceptors (Lipinski definition) is 6. The second-order valence-corrected chi connectivity index (χ2v) is 8.48. The Hall–Kier alpha value is -2.68. The number of carbonyl (C=O) groups is 3. The van der Waals surface area contributed by atoms with Crippen LogP contribution in [-0.2, 0) is 19.1 Å². The van der Waals surface area contributed by atoms with E-state index in [0.29, 0.717) is 26.3 Å². The molecule has 0 aliphatic carbocycles. The zero-order valence-electron chi connectivity index (χ0n) is 15.8. The first kappa shape index (κ1) is 20.6. The van der Waals surface area contributed by atoms with E-state index in [1.54, 1.807) is 55.5 Å². The van der Waals surface area contributed by atoms with Gasteiger partial charge in [0.1, 0.15) is 6.54 Å². The Bertz CT molecular complexity index is 1110. The highest BCUT2D eigenvalue weighted by atomic mass is 35.5. The standard InChI is InChI=1S/C21H15ClN2O4S2/c1-2-28-16(25)11-23-15-6-4-3-5-14(15)17(19(23)26)18-20(27)24(21(29)30-18)13-9-7-12(22)8-10-13/h3-10H,2,11H2,1H3. The average molecular weight is 459 g/mol. The number of amides is 2. The number of carbonyl (C=O) groups excluding carboxylic acids is 3. The number of anilines is 2. The van der Waals surface area contributed by atoms with E-state index in [1.807, 2.05) is 0 Å². The van der Waals surface area contributed by atoms with Crippen LogP contribution >= 0.6 is 35.6 Å². The van der Waals surface area contributed by atoms with Gasteiger partial charge in [-0.05, 0) is 37.3 Å². The summed E-state index contributed by atoms with van der Waals surface area (Å²) in [5, 5.41) is 0.539. The van der Waals surface area contributed by atoms with Crippen molar-refractivity contribution in [1.82, 2.24) is 0 Å². The van der Waals surface area contributed by atoms with E-state index in [2.05, 4.69) is 0 Å². The molecule has 0 radical (unpaired) electrons. The number of fused-ring (bicyclic) bond motifs is 1. The Kier molecular flexibility index (Phi) is 5.64. The van der Waals surface area contributed by atoms with E-state index < -0.39 is 11.9 Å². The number of thioether (sulfide) groups is 1. The minimum atomic E-state index is -0.518. The molecule has 0 bridgehead atoms. The van der Waals surface area contributed by atoms with Crippen molar-refractivity contribution in [3.8, 4) is 0 Å². The molecule has 0 N–H and O–H groups in total. The number of halogens is 1. The molecule has 1 fully saturated rings. The van der Waals surface area contributed by atoms with Crippen molar-refractivity contribution in [1.29, 1.82) is 0 Å². The predicted octanol–water partition coefficient (Wildman–Crippen LogP) is 4.03. The van der Waals surface area contributed by atoms with Gasteiger partial charge in [-0.3, -0.25) is 24.2 Å². The van der Waals surface area contributed by atoms with Gasteiger partial charge < -0.3 is 4.74 Å². The van der Waals surface area contributed by atoms with Gasteiger partial charge in [-0.15, -0.1) is 0 Å². The summed E-state index contributed by atoms with van der Waals surface area (Å²) >= 11 is 12.4. The van der Waals surface area contributed by atoms with Crippen molar-refractivity contribution in [2.24, 2.45) is 0 Å². The van der Waals surface area contributed by atoms with Gasteiger partial charge in [-0.25, -0.2) is 0 Å². The van der Waals surface area contributed by atoms with Gasteiger partial charge in [0.05, 0.1) is 28.5 Å². The van der Waals surface area contributed by atoms with Crippen LogP contribution in [0.1, 0.15) is 12.5 Å². The lowest BCUT2D eigenvalue weighted by Gasteiger charge is -2.16. The van der Waals surface area contributed by atoms with E-state index in [0.717, 1.165) is 11.8 Å². The van der Waals surface area contributed by atoms with E-state index in [9.17, 15) is 14.4 Å². The van der Waals surface area contributed by atoms with Crippen LogP contribution in [0.25, 0.3) is 5.57 Å². The van der Waals surface area contributed by atoms with Gasteiger partial charge in [0.15, 0.2) is 4.32 Å². The SMILES string of the molecule is CCOC(=O)CN1C(=O)C(=C2SC(=S)N(c3ccc(Cl)cc3)C2=O)c2ccccc21. The summed E-state index contributed by atoms with van der Waals surface area (Å²) in [7, 11) is 0. The van der Waals surface area contributed by atoms with Crippen LogP contribution in [0.4, 0.5) is 11.4 Å². The Morgan fingerprint density at radius 3 is 2.50 bits per heavy atom. The molecule has 0 spiro atoms. The fourth-order valence-corrected chi connectivity index (χ4v) is 4.82. The molecular weight excluding hydrogens is 444 g/mol. The number of ether oxygens (including phenoxy) is 1. The third kappa shape index (κ3) is 3.51. The van der Waals surface area contributed by atoms with E-state index in [1.165, 1.54) is 9.80 Å². The van der Waals surface area contributed by atoms with Gasteiger partial charge in [-0.1, -0.05) is 53.8 Å². The van der Waals surface area contributed by atoms with E-state index >= 15 is 0 Å².